The molecule has 3 aromatic heterocycles. The highest BCUT2D eigenvalue weighted by Gasteiger charge is 2.16. The van der Waals surface area contributed by atoms with Crippen molar-refractivity contribution in [2.45, 2.75) is 6.92 Å². The minimum Gasteiger partial charge on any atom is -0.355 e. The number of anilines is 1. The molecule has 136 valence electrons. The number of nitrogens with one attached hydrogen (secondary N) is 1. The lowest BCUT2D eigenvalue weighted by molar-refractivity contribution is 0.101. The Morgan fingerprint density at radius 2 is 2.00 bits per heavy atom. The number of amides is 1. The van der Waals surface area contributed by atoms with Gasteiger partial charge in [0, 0.05) is 31.2 Å². The van der Waals surface area contributed by atoms with Gasteiger partial charge >= 0.3 is 0 Å². The van der Waals surface area contributed by atoms with Gasteiger partial charge in [-0.15, -0.1) is 0 Å². The number of aromatic nitrogens is 5. The molecule has 0 fully saturated rings. The standard InChI is InChI=1S/C18H15ClN6O2/c1-11-15(10-24(2)22-11)17-7-16(23-27-17)18(26)21-13-3-5-14(6-4-13)25-9-12(19)8-20-25/h3-10H,1-2H3,(H,21,26). The topological polar surface area (TPSA) is 90.8 Å². The van der Waals surface area contributed by atoms with E-state index >= 15 is 0 Å². The van der Waals surface area contributed by atoms with Gasteiger partial charge in [-0.25, -0.2) is 4.68 Å². The highest BCUT2D eigenvalue weighted by Crippen LogP contribution is 2.23. The third-order valence-electron chi connectivity index (χ3n) is 3.96. The summed E-state index contributed by atoms with van der Waals surface area (Å²) in [6, 6.07) is 8.79. The van der Waals surface area contributed by atoms with E-state index in [1.165, 1.54) is 0 Å². The Bertz CT molecular complexity index is 1110. The highest BCUT2D eigenvalue weighted by atomic mass is 35.5. The van der Waals surface area contributed by atoms with Crippen LogP contribution < -0.4 is 5.32 Å². The zero-order chi connectivity index (χ0) is 19.0. The van der Waals surface area contributed by atoms with Crippen molar-refractivity contribution in [1.29, 1.82) is 0 Å². The number of aryl methyl sites for hydroxylation is 2. The van der Waals surface area contributed by atoms with Gasteiger partial charge in [0.25, 0.3) is 5.91 Å². The molecular weight excluding hydrogens is 368 g/mol. The zero-order valence-corrected chi connectivity index (χ0v) is 15.3. The quantitative estimate of drug-likeness (QED) is 0.583. The van der Waals surface area contributed by atoms with E-state index < -0.39 is 0 Å². The Morgan fingerprint density at radius 1 is 1.22 bits per heavy atom. The van der Waals surface area contributed by atoms with Crippen molar-refractivity contribution in [2.24, 2.45) is 7.05 Å². The van der Waals surface area contributed by atoms with Crippen molar-refractivity contribution in [3.05, 3.63) is 65.3 Å². The smallest absolute Gasteiger partial charge is 0.277 e. The van der Waals surface area contributed by atoms with E-state index in [1.54, 1.807) is 40.0 Å². The van der Waals surface area contributed by atoms with Crippen LogP contribution in [0.3, 0.4) is 0 Å². The van der Waals surface area contributed by atoms with E-state index in [1.807, 2.05) is 32.3 Å². The maximum absolute atomic E-state index is 12.4. The molecule has 1 aromatic carbocycles. The van der Waals surface area contributed by atoms with Gasteiger partial charge in [0.15, 0.2) is 11.5 Å². The maximum Gasteiger partial charge on any atom is 0.277 e. The molecule has 1 amide bonds. The van der Waals surface area contributed by atoms with Gasteiger partial charge in [-0.05, 0) is 31.2 Å². The Labute approximate surface area is 159 Å². The van der Waals surface area contributed by atoms with Crippen molar-refractivity contribution in [3.8, 4) is 17.0 Å². The molecule has 0 aliphatic carbocycles. The molecule has 27 heavy (non-hydrogen) atoms. The molecule has 3 heterocycles. The summed E-state index contributed by atoms with van der Waals surface area (Å²) in [6.45, 7) is 1.87. The van der Waals surface area contributed by atoms with Crippen LogP contribution in [0, 0.1) is 6.92 Å². The van der Waals surface area contributed by atoms with E-state index in [-0.39, 0.29) is 11.6 Å². The van der Waals surface area contributed by atoms with Crippen LogP contribution in [-0.4, -0.2) is 30.6 Å². The van der Waals surface area contributed by atoms with Crippen molar-refractivity contribution in [2.75, 3.05) is 5.32 Å². The van der Waals surface area contributed by atoms with Crippen molar-refractivity contribution in [1.82, 2.24) is 24.7 Å². The van der Waals surface area contributed by atoms with Gasteiger partial charge in [0.05, 0.1) is 28.2 Å². The first-order chi connectivity index (χ1) is 13.0. The summed E-state index contributed by atoms with van der Waals surface area (Å²) in [6.07, 6.45) is 5.08. The van der Waals surface area contributed by atoms with Crippen LogP contribution in [0.25, 0.3) is 17.0 Å². The van der Waals surface area contributed by atoms with Gasteiger partial charge < -0.3 is 9.84 Å². The molecule has 0 spiro atoms. The monoisotopic (exact) mass is 382 g/mol. The fraction of sp³-hybridized carbons (Fsp3) is 0.111. The molecule has 0 aliphatic heterocycles. The van der Waals surface area contributed by atoms with Crippen molar-refractivity contribution in [3.63, 3.8) is 0 Å². The number of carbonyl (C=O) groups excluding carboxylic acids is 1. The Hall–Kier alpha value is -3.39. The molecule has 9 heteroatoms. The number of nitrogens with zero attached hydrogens (tertiary/aromatic N) is 5. The zero-order valence-electron chi connectivity index (χ0n) is 14.5. The lowest BCUT2D eigenvalue weighted by atomic mass is 10.2. The number of hydrogen-bond donors (Lipinski definition) is 1. The summed E-state index contributed by atoms with van der Waals surface area (Å²) in [4.78, 5) is 12.4. The van der Waals surface area contributed by atoms with Crippen molar-refractivity contribution < 1.29 is 9.32 Å². The average Bonchev–Trinajstić information content (AvgIpc) is 3.35. The summed E-state index contributed by atoms with van der Waals surface area (Å²) in [7, 11) is 1.82. The summed E-state index contributed by atoms with van der Waals surface area (Å²) >= 11 is 5.87. The predicted octanol–water partition coefficient (Wildman–Crippen LogP) is 3.47. The molecule has 0 radical (unpaired) electrons. The fourth-order valence-corrected chi connectivity index (χ4v) is 2.82. The Morgan fingerprint density at radius 3 is 2.63 bits per heavy atom. The molecule has 0 saturated carbocycles. The fourth-order valence-electron chi connectivity index (χ4n) is 2.69. The van der Waals surface area contributed by atoms with Crippen LogP contribution in [0.4, 0.5) is 5.69 Å². The molecular formula is C18H15ClN6O2. The molecule has 0 unspecified atom stereocenters. The van der Waals surface area contributed by atoms with Crippen LogP contribution >= 0.6 is 11.6 Å². The summed E-state index contributed by atoms with van der Waals surface area (Å²) in [5, 5.41) is 15.6. The molecule has 4 rings (SSSR count). The van der Waals surface area contributed by atoms with E-state index in [0.717, 1.165) is 16.9 Å². The number of benzene rings is 1. The highest BCUT2D eigenvalue weighted by molar-refractivity contribution is 6.30. The van der Waals surface area contributed by atoms with Gasteiger partial charge in [0.1, 0.15) is 0 Å². The van der Waals surface area contributed by atoms with E-state index in [9.17, 15) is 4.79 Å². The first-order valence-corrected chi connectivity index (χ1v) is 8.47. The van der Waals surface area contributed by atoms with Crippen LogP contribution in [0.15, 0.2) is 53.4 Å². The van der Waals surface area contributed by atoms with Crippen LogP contribution in [0.5, 0.6) is 0 Å². The lowest BCUT2D eigenvalue weighted by Gasteiger charge is -2.05. The first kappa shape index (κ1) is 17.0. The average molecular weight is 383 g/mol. The minimum absolute atomic E-state index is 0.191. The predicted molar refractivity (Wildman–Crippen MR) is 100.0 cm³/mol. The molecule has 0 bridgehead atoms. The van der Waals surface area contributed by atoms with E-state index in [2.05, 4.69) is 20.7 Å². The number of hydrogen-bond acceptors (Lipinski definition) is 5. The van der Waals surface area contributed by atoms with E-state index in [0.29, 0.717) is 16.5 Å². The minimum atomic E-state index is -0.360. The number of carbonyl (C=O) groups is 1. The molecule has 0 atom stereocenters. The Kier molecular flexibility index (Phi) is 4.25. The molecule has 0 aliphatic rings. The molecule has 4 aromatic rings. The summed E-state index contributed by atoms with van der Waals surface area (Å²) < 4.78 is 8.62. The number of halogens is 1. The van der Waals surface area contributed by atoms with E-state index in [4.69, 9.17) is 16.1 Å². The normalized spacial score (nSPS) is 10.9. The lowest BCUT2D eigenvalue weighted by Crippen LogP contribution is -2.12. The Balaban J connectivity index is 1.48. The molecule has 8 nitrogen and oxygen atoms in total. The van der Waals surface area contributed by atoms with Gasteiger partial charge in [-0.1, -0.05) is 16.8 Å². The third kappa shape index (κ3) is 3.47. The molecule has 0 saturated heterocycles. The van der Waals surface area contributed by atoms with Gasteiger partial charge in [-0.2, -0.15) is 10.2 Å². The largest absolute Gasteiger partial charge is 0.355 e. The van der Waals surface area contributed by atoms with Crippen LogP contribution in [0.1, 0.15) is 16.2 Å². The summed E-state index contributed by atoms with van der Waals surface area (Å²) in [5.74, 6) is 0.137. The molecule has 1 N–H and O–H groups in total. The van der Waals surface area contributed by atoms with Crippen LogP contribution in [-0.2, 0) is 7.05 Å². The maximum atomic E-state index is 12.4. The van der Waals surface area contributed by atoms with Gasteiger partial charge in [-0.3, -0.25) is 9.48 Å². The second-order valence-electron chi connectivity index (χ2n) is 5.98. The second kappa shape index (κ2) is 6.73. The van der Waals surface area contributed by atoms with Crippen LogP contribution in [0.2, 0.25) is 5.02 Å². The summed E-state index contributed by atoms with van der Waals surface area (Å²) in [5.41, 5.74) is 3.25. The second-order valence-corrected chi connectivity index (χ2v) is 6.42. The third-order valence-corrected chi connectivity index (χ3v) is 4.16. The number of rotatable bonds is 4. The SMILES string of the molecule is Cc1nn(C)cc1-c1cc(C(=O)Nc2ccc(-n3cc(Cl)cn3)cc2)no1. The first-order valence-electron chi connectivity index (χ1n) is 8.09. The van der Waals surface area contributed by atoms with Crippen molar-refractivity contribution >= 4 is 23.2 Å². The van der Waals surface area contributed by atoms with Gasteiger partial charge in [0.2, 0.25) is 0 Å².